The Balaban J connectivity index is 2.27. The van der Waals surface area contributed by atoms with Gasteiger partial charge in [-0.25, -0.2) is 4.39 Å². The number of ether oxygens (including phenoxy) is 2. The minimum absolute atomic E-state index is 0.00293. The molecule has 2 nitrogen and oxygen atoms in total. The first-order valence-electron chi connectivity index (χ1n) is 6.48. The van der Waals surface area contributed by atoms with Gasteiger partial charge in [-0.3, -0.25) is 0 Å². The monoisotopic (exact) mass is 270 g/mol. The molecule has 0 bridgehead atoms. The molecular formula is C15H20F2O2. The van der Waals surface area contributed by atoms with E-state index in [2.05, 4.69) is 20.8 Å². The Hall–Kier alpha value is -1.16. The summed E-state index contributed by atoms with van der Waals surface area (Å²) in [6.45, 7) is 6.86. The van der Waals surface area contributed by atoms with Crippen LogP contribution >= 0.6 is 0 Å². The van der Waals surface area contributed by atoms with E-state index in [1.54, 1.807) is 6.07 Å². The fourth-order valence-corrected chi connectivity index (χ4v) is 2.52. The molecule has 2 unspecified atom stereocenters. The second-order valence-electron chi connectivity index (χ2n) is 6.10. The fraction of sp³-hybridized carbons (Fsp3) is 0.600. The van der Waals surface area contributed by atoms with Gasteiger partial charge in [0.2, 0.25) is 5.82 Å². The zero-order valence-electron chi connectivity index (χ0n) is 11.8. The van der Waals surface area contributed by atoms with Crippen LogP contribution in [0.5, 0.6) is 5.75 Å². The largest absolute Gasteiger partial charge is 0.493 e. The van der Waals surface area contributed by atoms with E-state index in [4.69, 9.17) is 9.47 Å². The van der Waals surface area contributed by atoms with E-state index in [0.717, 1.165) is 12.5 Å². The van der Waals surface area contributed by atoms with Crippen molar-refractivity contribution in [1.82, 2.24) is 0 Å². The van der Waals surface area contributed by atoms with Crippen molar-refractivity contribution < 1.29 is 18.3 Å². The van der Waals surface area contributed by atoms with Crippen LogP contribution in [0.4, 0.5) is 8.78 Å². The van der Waals surface area contributed by atoms with E-state index < -0.39 is 11.6 Å². The zero-order valence-corrected chi connectivity index (χ0v) is 11.8. The predicted octanol–water partition coefficient (Wildman–Crippen LogP) is 3.89. The van der Waals surface area contributed by atoms with E-state index in [1.165, 1.54) is 7.11 Å². The molecule has 0 aliphatic carbocycles. The van der Waals surface area contributed by atoms with Gasteiger partial charge in [-0.1, -0.05) is 26.8 Å². The molecule has 4 heteroatoms. The summed E-state index contributed by atoms with van der Waals surface area (Å²) in [6, 6.07) is 2.74. The summed E-state index contributed by atoms with van der Waals surface area (Å²) in [5.41, 5.74) is 0.730. The van der Waals surface area contributed by atoms with Crippen LogP contribution in [0.25, 0.3) is 0 Å². The van der Waals surface area contributed by atoms with Crippen molar-refractivity contribution in [2.75, 3.05) is 13.7 Å². The lowest BCUT2D eigenvalue weighted by Crippen LogP contribution is -2.25. The third-order valence-corrected chi connectivity index (χ3v) is 3.69. The molecule has 1 aliphatic rings. The van der Waals surface area contributed by atoms with E-state index in [1.807, 2.05) is 0 Å². The number of hydrogen-bond donors (Lipinski definition) is 0. The fourth-order valence-electron chi connectivity index (χ4n) is 2.52. The summed E-state index contributed by atoms with van der Waals surface area (Å²) in [7, 11) is 1.36. The van der Waals surface area contributed by atoms with Gasteiger partial charge in [0.15, 0.2) is 11.6 Å². The normalized spacial score (nSPS) is 23.7. The number of halogens is 2. The Morgan fingerprint density at radius 3 is 2.47 bits per heavy atom. The maximum atomic E-state index is 13.7. The molecule has 1 aromatic rings. The van der Waals surface area contributed by atoms with Crippen molar-refractivity contribution in [2.24, 2.45) is 5.41 Å². The van der Waals surface area contributed by atoms with Crippen LogP contribution in [0.15, 0.2) is 12.1 Å². The van der Waals surface area contributed by atoms with Crippen molar-refractivity contribution >= 4 is 0 Å². The maximum absolute atomic E-state index is 13.7. The zero-order chi connectivity index (χ0) is 14.2. The molecule has 2 rings (SSSR count). The summed E-state index contributed by atoms with van der Waals surface area (Å²) in [6.07, 6.45) is 0.917. The molecule has 0 N–H and O–H groups in total. The van der Waals surface area contributed by atoms with Crippen molar-refractivity contribution in [3.63, 3.8) is 0 Å². The molecule has 0 saturated carbocycles. The van der Waals surface area contributed by atoms with Crippen molar-refractivity contribution in [1.29, 1.82) is 0 Å². The van der Waals surface area contributed by atoms with Crippen LogP contribution in [0.3, 0.4) is 0 Å². The van der Waals surface area contributed by atoms with Crippen LogP contribution in [0.1, 0.15) is 38.7 Å². The third kappa shape index (κ3) is 2.73. The van der Waals surface area contributed by atoms with Gasteiger partial charge < -0.3 is 9.47 Å². The molecule has 1 heterocycles. The smallest absolute Gasteiger partial charge is 0.200 e. The van der Waals surface area contributed by atoms with Gasteiger partial charge in [0.25, 0.3) is 0 Å². The lowest BCUT2D eigenvalue weighted by Gasteiger charge is -2.25. The highest BCUT2D eigenvalue weighted by Crippen LogP contribution is 2.41. The van der Waals surface area contributed by atoms with Crippen molar-refractivity contribution in [2.45, 2.75) is 39.2 Å². The molecule has 0 aromatic heterocycles. The molecule has 1 aliphatic heterocycles. The molecule has 106 valence electrons. The van der Waals surface area contributed by atoms with Crippen LogP contribution in [-0.4, -0.2) is 19.8 Å². The minimum Gasteiger partial charge on any atom is -0.493 e. The first kappa shape index (κ1) is 14.3. The summed E-state index contributed by atoms with van der Waals surface area (Å²) >= 11 is 0. The van der Waals surface area contributed by atoms with Gasteiger partial charge in [-0.05, 0) is 17.9 Å². The first-order valence-corrected chi connectivity index (χ1v) is 6.48. The van der Waals surface area contributed by atoms with Crippen LogP contribution < -0.4 is 4.74 Å². The van der Waals surface area contributed by atoms with Gasteiger partial charge in [-0.2, -0.15) is 4.39 Å². The molecule has 1 aromatic carbocycles. The summed E-state index contributed by atoms with van der Waals surface area (Å²) < 4.78 is 37.7. The average molecular weight is 270 g/mol. The van der Waals surface area contributed by atoms with E-state index in [-0.39, 0.29) is 23.2 Å². The number of methoxy groups -OCH3 is 1. The highest BCUT2D eigenvalue weighted by Gasteiger charge is 2.36. The van der Waals surface area contributed by atoms with Crippen LogP contribution in [-0.2, 0) is 4.74 Å². The molecule has 1 saturated heterocycles. The van der Waals surface area contributed by atoms with E-state index in [9.17, 15) is 8.78 Å². The Morgan fingerprint density at radius 2 is 1.95 bits per heavy atom. The summed E-state index contributed by atoms with van der Waals surface area (Å²) in [4.78, 5) is 0. The molecule has 0 spiro atoms. The second-order valence-corrected chi connectivity index (χ2v) is 6.10. The second kappa shape index (κ2) is 5.08. The maximum Gasteiger partial charge on any atom is 0.200 e. The van der Waals surface area contributed by atoms with Crippen molar-refractivity contribution in [3.8, 4) is 5.75 Å². The van der Waals surface area contributed by atoms with Gasteiger partial charge in [0, 0.05) is 11.5 Å². The van der Waals surface area contributed by atoms with Crippen molar-refractivity contribution in [3.05, 3.63) is 29.3 Å². The molecule has 2 atom stereocenters. The van der Waals surface area contributed by atoms with Gasteiger partial charge in [-0.15, -0.1) is 0 Å². The quantitative estimate of drug-likeness (QED) is 0.811. The Bertz CT molecular complexity index is 466. The Morgan fingerprint density at radius 1 is 1.26 bits per heavy atom. The summed E-state index contributed by atoms with van der Waals surface area (Å²) in [5.74, 6) is -1.75. The molecule has 0 amide bonds. The van der Waals surface area contributed by atoms with Crippen LogP contribution in [0.2, 0.25) is 0 Å². The Labute approximate surface area is 112 Å². The van der Waals surface area contributed by atoms with E-state index in [0.29, 0.717) is 12.2 Å². The molecule has 1 fully saturated rings. The SMILES string of the molecule is COc1c(C2COC(C(C)(C)C)C2)ccc(F)c1F. The van der Waals surface area contributed by atoms with E-state index >= 15 is 0 Å². The molecule has 0 radical (unpaired) electrons. The average Bonchev–Trinajstić information content (AvgIpc) is 2.81. The third-order valence-electron chi connectivity index (χ3n) is 3.69. The highest BCUT2D eigenvalue weighted by atomic mass is 19.2. The number of hydrogen-bond acceptors (Lipinski definition) is 2. The van der Waals surface area contributed by atoms with Gasteiger partial charge >= 0.3 is 0 Å². The number of rotatable bonds is 2. The van der Waals surface area contributed by atoms with Crippen LogP contribution in [0, 0.1) is 17.0 Å². The topological polar surface area (TPSA) is 18.5 Å². The summed E-state index contributed by atoms with van der Waals surface area (Å²) in [5, 5.41) is 0. The predicted molar refractivity (Wildman–Crippen MR) is 69.5 cm³/mol. The Kier molecular flexibility index (Phi) is 3.81. The number of benzene rings is 1. The van der Waals surface area contributed by atoms with Gasteiger partial charge in [0.1, 0.15) is 0 Å². The van der Waals surface area contributed by atoms with Gasteiger partial charge in [0.05, 0.1) is 19.8 Å². The highest BCUT2D eigenvalue weighted by molar-refractivity contribution is 5.39. The standard InChI is InChI=1S/C15H20F2O2/c1-15(2,3)12-7-9(8-19-12)10-5-6-11(16)13(17)14(10)18-4/h5-6,9,12H,7-8H2,1-4H3. The minimum atomic E-state index is -0.917. The lowest BCUT2D eigenvalue weighted by molar-refractivity contribution is 0.0285. The lowest BCUT2D eigenvalue weighted by atomic mass is 9.83. The molecular weight excluding hydrogens is 250 g/mol. The molecule has 19 heavy (non-hydrogen) atoms. The first-order chi connectivity index (χ1) is 8.84.